The Balaban J connectivity index is 1.78. The number of hydrogen-bond acceptors (Lipinski definition) is 9. The summed E-state index contributed by atoms with van der Waals surface area (Å²) in [5.41, 5.74) is 1.22. The van der Waals surface area contributed by atoms with Crippen LogP contribution in [0.25, 0.3) is 5.76 Å². The van der Waals surface area contributed by atoms with Crippen molar-refractivity contribution in [3.63, 3.8) is 0 Å². The number of amides is 1. The standard InChI is InChI=1S/C27H27N3O6S/c1-4-6-15-36-19-9-7-18(8-10-19)22(31)20-21(17-11-13-28-14-12-17)30(25(33)23(20)32)27-29-16(3)24(37-27)26(34)35-5-2/h7-14,21,31H,4-6,15H2,1-3H3/b22-20+. The molecule has 0 radical (unpaired) electrons. The Morgan fingerprint density at radius 2 is 1.81 bits per heavy atom. The SMILES string of the molecule is CCCCOc1ccc(/C(O)=C2\C(=O)C(=O)N(c3nc(C)c(C(=O)OCC)s3)C2c2ccncc2)cc1. The molecule has 3 heterocycles. The molecule has 1 amide bonds. The first-order valence-corrected chi connectivity index (χ1v) is 12.8. The summed E-state index contributed by atoms with van der Waals surface area (Å²) < 4.78 is 10.8. The maximum Gasteiger partial charge on any atom is 0.350 e. The summed E-state index contributed by atoms with van der Waals surface area (Å²) in [6.07, 6.45) is 5.00. The number of aryl methyl sites for hydroxylation is 1. The summed E-state index contributed by atoms with van der Waals surface area (Å²) in [7, 11) is 0. The molecular formula is C27H27N3O6S. The number of carbonyl (C=O) groups is 3. The molecule has 1 unspecified atom stereocenters. The van der Waals surface area contributed by atoms with Gasteiger partial charge in [0, 0.05) is 18.0 Å². The number of ketones is 1. The van der Waals surface area contributed by atoms with Crippen LogP contribution in [-0.4, -0.2) is 45.9 Å². The molecule has 0 spiro atoms. The number of benzene rings is 1. The van der Waals surface area contributed by atoms with Gasteiger partial charge in [0.2, 0.25) is 0 Å². The number of hydrogen-bond donors (Lipinski definition) is 1. The molecule has 1 N–H and O–H groups in total. The normalized spacial score (nSPS) is 16.7. The number of nitrogens with zero attached hydrogens (tertiary/aromatic N) is 3. The Hall–Kier alpha value is -4.05. The molecule has 0 bridgehead atoms. The topological polar surface area (TPSA) is 119 Å². The van der Waals surface area contributed by atoms with Crippen LogP contribution in [0.5, 0.6) is 5.75 Å². The van der Waals surface area contributed by atoms with Crippen LogP contribution in [0.3, 0.4) is 0 Å². The second-order valence-corrected chi connectivity index (χ2v) is 9.29. The molecule has 2 aromatic heterocycles. The van der Waals surface area contributed by atoms with Crippen molar-refractivity contribution in [1.29, 1.82) is 0 Å². The van der Waals surface area contributed by atoms with E-state index in [1.807, 2.05) is 0 Å². The van der Waals surface area contributed by atoms with E-state index in [0.717, 1.165) is 24.2 Å². The monoisotopic (exact) mass is 521 g/mol. The highest BCUT2D eigenvalue weighted by atomic mass is 32.1. The molecule has 0 aliphatic carbocycles. The first-order valence-electron chi connectivity index (χ1n) is 12.0. The summed E-state index contributed by atoms with van der Waals surface area (Å²) in [4.78, 5) is 48.8. The van der Waals surface area contributed by atoms with Gasteiger partial charge in [-0.05, 0) is 62.2 Å². The van der Waals surface area contributed by atoms with Crippen molar-refractivity contribution in [3.8, 4) is 5.75 Å². The zero-order valence-corrected chi connectivity index (χ0v) is 21.6. The number of esters is 1. The van der Waals surface area contributed by atoms with E-state index in [1.54, 1.807) is 50.2 Å². The maximum absolute atomic E-state index is 13.3. The van der Waals surface area contributed by atoms with Crippen LogP contribution in [-0.2, 0) is 14.3 Å². The van der Waals surface area contributed by atoms with E-state index in [-0.39, 0.29) is 27.9 Å². The number of aliphatic hydroxyl groups is 1. The molecule has 1 fully saturated rings. The van der Waals surface area contributed by atoms with Crippen molar-refractivity contribution in [2.75, 3.05) is 18.1 Å². The number of rotatable bonds is 9. The van der Waals surface area contributed by atoms with Crippen LogP contribution in [0.2, 0.25) is 0 Å². The lowest BCUT2D eigenvalue weighted by Crippen LogP contribution is -2.29. The molecular weight excluding hydrogens is 494 g/mol. The molecule has 1 atom stereocenters. The van der Waals surface area contributed by atoms with Gasteiger partial charge < -0.3 is 14.6 Å². The number of unbranched alkanes of at least 4 members (excludes halogenated alkanes) is 1. The molecule has 1 aromatic carbocycles. The van der Waals surface area contributed by atoms with Crippen molar-refractivity contribution >= 4 is 39.9 Å². The van der Waals surface area contributed by atoms with E-state index in [2.05, 4.69) is 16.9 Å². The third-order valence-electron chi connectivity index (χ3n) is 5.81. The summed E-state index contributed by atoms with van der Waals surface area (Å²) in [6.45, 7) is 6.17. The third kappa shape index (κ3) is 5.24. The molecule has 3 aromatic rings. The van der Waals surface area contributed by atoms with Crippen LogP contribution < -0.4 is 9.64 Å². The molecule has 4 rings (SSSR count). The Morgan fingerprint density at radius 3 is 2.46 bits per heavy atom. The van der Waals surface area contributed by atoms with Gasteiger partial charge in [0.1, 0.15) is 16.4 Å². The zero-order valence-electron chi connectivity index (χ0n) is 20.8. The number of pyridine rings is 1. The van der Waals surface area contributed by atoms with Gasteiger partial charge in [-0.2, -0.15) is 0 Å². The molecule has 10 heteroatoms. The summed E-state index contributed by atoms with van der Waals surface area (Å²) >= 11 is 0.961. The van der Waals surface area contributed by atoms with Crippen molar-refractivity contribution in [2.24, 2.45) is 0 Å². The molecule has 1 aliphatic rings. The largest absolute Gasteiger partial charge is 0.507 e. The number of ether oxygens (including phenoxy) is 2. The number of aromatic nitrogens is 2. The lowest BCUT2D eigenvalue weighted by Gasteiger charge is -2.22. The fourth-order valence-electron chi connectivity index (χ4n) is 3.96. The van der Waals surface area contributed by atoms with E-state index < -0.39 is 23.7 Å². The summed E-state index contributed by atoms with van der Waals surface area (Å²) in [6, 6.07) is 9.04. The Bertz CT molecular complexity index is 1330. The zero-order chi connectivity index (χ0) is 26.5. The van der Waals surface area contributed by atoms with Crippen molar-refractivity contribution < 1.29 is 29.0 Å². The second kappa shape index (κ2) is 11.3. The Kier molecular flexibility index (Phi) is 7.98. The predicted octanol–water partition coefficient (Wildman–Crippen LogP) is 4.83. The van der Waals surface area contributed by atoms with E-state index in [4.69, 9.17) is 9.47 Å². The Labute approximate surface area is 218 Å². The first-order chi connectivity index (χ1) is 17.9. The minimum absolute atomic E-state index is 0.0820. The van der Waals surface area contributed by atoms with Crippen LogP contribution >= 0.6 is 11.3 Å². The minimum Gasteiger partial charge on any atom is -0.507 e. The molecule has 1 saturated heterocycles. The van der Waals surface area contributed by atoms with Gasteiger partial charge in [-0.1, -0.05) is 24.7 Å². The molecule has 9 nitrogen and oxygen atoms in total. The number of anilines is 1. The average Bonchev–Trinajstić information content (AvgIpc) is 3.41. The Morgan fingerprint density at radius 1 is 1.11 bits per heavy atom. The number of aliphatic hydroxyl groups excluding tert-OH is 1. The minimum atomic E-state index is -0.968. The molecule has 1 aliphatic heterocycles. The van der Waals surface area contributed by atoms with Gasteiger partial charge in [-0.25, -0.2) is 9.78 Å². The van der Waals surface area contributed by atoms with Gasteiger partial charge in [-0.15, -0.1) is 0 Å². The summed E-state index contributed by atoms with van der Waals surface area (Å²) in [5, 5.41) is 11.4. The quantitative estimate of drug-likeness (QED) is 0.140. The van der Waals surface area contributed by atoms with Crippen molar-refractivity contribution in [2.45, 2.75) is 39.7 Å². The highest BCUT2D eigenvalue weighted by molar-refractivity contribution is 7.17. The number of Topliss-reactive ketones (excluding diaryl/α,β-unsaturated/α-hetero) is 1. The second-order valence-electron chi connectivity index (χ2n) is 8.31. The van der Waals surface area contributed by atoms with Crippen LogP contribution in [0, 0.1) is 6.92 Å². The van der Waals surface area contributed by atoms with Gasteiger partial charge in [-0.3, -0.25) is 19.5 Å². The van der Waals surface area contributed by atoms with E-state index in [1.165, 1.54) is 17.3 Å². The highest BCUT2D eigenvalue weighted by Gasteiger charge is 2.48. The molecule has 0 saturated carbocycles. The molecule has 192 valence electrons. The third-order valence-corrected chi connectivity index (χ3v) is 6.95. The van der Waals surface area contributed by atoms with E-state index >= 15 is 0 Å². The van der Waals surface area contributed by atoms with Crippen LogP contribution in [0.4, 0.5) is 5.13 Å². The average molecular weight is 522 g/mol. The fraction of sp³-hybridized carbons (Fsp3) is 0.296. The number of carbonyl (C=O) groups excluding carboxylic acids is 3. The van der Waals surface area contributed by atoms with Gasteiger partial charge in [0.15, 0.2) is 5.13 Å². The smallest absolute Gasteiger partial charge is 0.350 e. The molecule has 37 heavy (non-hydrogen) atoms. The van der Waals surface area contributed by atoms with Gasteiger partial charge >= 0.3 is 11.9 Å². The lowest BCUT2D eigenvalue weighted by atomic mass is 9.96. The van der Waals surface area contributed by atoms with Gasteiger partial charge in [0.25, 0.3) is 5.78 Å². The van der Waals surface area contributed by atoms with Gasteiger partial charge in [0.05, 0.1) is 30.5 Å². The van der Waals surface area contributed by atoms with Crippen LogP contribution in [0.1, 0.15) is 59.2 Å². The highest BCUT2D eigenvalue weighted by Crippen LogP contribution is 2.43. The predicted molar refractivity (Wildman–Crippen MR) is 139 cm³/mol. The van der Waals surface area contributed by atoms with Crippen LogP contribution in [0.15, 0.2) is 54.4 Å². The fourth-order valence-corrected chi connectivity index (χ4v) is 4.95. The maximum atomic E-state index is 13.3. The summed E-state index contributed by atoms with van der Waals surface area (Å²) in [5.74, 6) is -1.94. The van der Waals surface area contributed by atoms with E-state index in [9.17, 15) is 19.5 Å². The van der Waals surface area contributed by atoms with Crippen molar-refractivity contribution in [3.05, 3.63) is 76.1 Å². The first kappa shape index (κ1) is 26.0. The lowest BCUT2D eigenvalue weighted by molar-refractivity contribution is -0.132. The number of thiazole rings is 1. The van der Waals surface area contributed by atoms with Crippen molar-refractivity contribution in [1.82, 2.24) is 9.97 Å². The van der Waals surface area contributed by atoms with E-state index in [0.29, 0.717) is 29.2 Å².